The van der Waals surface area contributed by atoms with E-state index < -0.39 is 322 Å². The lowest BCUT2D eigenvalue weighted by molar-refractivity contribution is -0.359. The maximum Gasteiger partial charge on any atom is 0.342 e. The van der Waals surface area contributed by atoms with Crippen molar-refractivity contribution < 1.29 is 207 Å². The number of aliphatic hydroxyl groups excluding tert-OH is 2. The van der Waals surface area contributed by atoms with Crippen LogP contribution in [0, 0.1) is 0 Å². The molecule has 0 amide bonds. The summed E-state index contributed by atoms with van der Waals surface area (Å²) in [5.74, 6) is -54.8. The van der Waals surface area contributed by atoms with Gasteiger partial charge in [0, 0.05) is 40.5 Å². The van der Waals surface area contributed by atoms with Crippen molar-refractivity contribution in [3.63, 3.8) is 0 Å². The standard InChI is InChI=1S/C67H48O42/c68-17-3-1-2-15(4-17)57(85)106-52-50-31-13-97-59(87)19-8-26(71)40(77)43(80)35(19)36-21(61(89)104-50)10-28(42(79)44(36)81)99-48-23(9-27(72)41(78)47(48)84)63(91)108-55-53(107-58(86)16-5-24(69)39(76)25(70)6-16)51-32(103-65(55)93)14-98-60(88)20-11-29-49(45(82)34(20)18-7-22(62(90)105-51)38(75)46(83)37(18)74)109-67(96)56(101-29)30(12-33(73)66(67,94)95)100-54(52)64(92)102-31/h1-12,31-32,50-56,64-65,68-72,74-84,92-96H,13-14H2/t31-,32-,50-,51-,52+,53+,54-,55-,56?,64-,65-,67?/m1/s1. The van der Waals surface area contributed by atoms with Crippen LogP contribution in [-0.4, -0.2) is 247 Å². The van der Waals surface area contributed by atoms with Crippen LogP contribution in [0.1, 0.15) is 72.5 Å². The van der Waals surface area contributed by atoms with Crippen LogP contribution in [0.2, 0.25) is 0 Å². The highest BCUT2D eigenvalue weighted by molar-refractivity contribution is 6.09. The summed E-state index contributed by atoms with van der Waals surface area (Å²) in [7, 11) is 0. The highest BCUT2D eigenvalue weighted by atomic mass is 16.7. The number of benzene rings is 7. The second-order valence-corrected chi connectivity index (χ2v) is 24.6. The third-order valence-corrected chi connectivity index (χ3v) is 18.1. The lowest BCUT2D eigenvalue weighted by Crippen LogP contribution is -2.73. The van der Waals surface area contributed by atoms with E-state index in [0.29, 0.717) is 30.3 Å². The molecular formula is C67H48O42. The zero-order valence-electron chi connectivity index (χ0n) is 53.7. The van der Waals surface area contributed by atoms with Gasteiger partial charge >= 0.3 is 53.4 Å². The molecule has 0 radical (unpaired) electrons. The van der Waals surface area contributed by atoms with Crippen molar-refractivity contribution in [2.75, 3.05) is 13.2 Å². The minimum atomic E-state index is -4.36. The van der Waals surface area contributed by atoms with Gasteiger partial charge in [-0.2, -0.15) is 0 Å². The lowest BCUT2D eigenvalue weighted by Gasteiger charge is -2.49. The fourth-order valence-corrected chi connectivity index (χ4v) is 12.7. The van der Waals surface area contributed by atoms with Crippen molar-refractivity contribution in [2.24, 2.45) is 0 Å². The Morgan fingerprint density at radius 1 is 0.413 bits per heavy atom. The van der Waals surface area contributed by atoms with Gasteiger partial charge in [0.1, 0.15) is 48.1 Å². The molecule has 1 aliphatic carbocycles. The SMILES string of the molecule is O=C(O[C@@H]1[C@H]2OC(=O)c3cc(O)c(O)c(O)c3Oc3cc4c(c(O)c3O)-c3c(cc(O)c(O)c3O)C(=O)OC[C@H]3O[C@@H](O)[C@H](OC5=CC(=O)C(O)(O)C6(O)Oc7c(cc8c(c7O)-c7cc(c(O)c(O)c7O)C(=O)O[C@@H]1[C@@H](COC8=O)O[C@H]2O)OC56)[C@@H](OC(=O)c1cccc(O)c1)[C@@H]3OC4=O)c1cc(O)c(O)c(O)c1. The Hall–Kier alpha value is -14.0. The van der Waals surface area contributed by atoms with Gasteiger partial charge in [-0.25, -0.2) is 33.6 Å². The van der Waals surface area contributed by atoms with Crippen LogP contribution in [0.4, 0.5) is 0 Å². The van der Waals surface area contributed by atoms with Crippen molar-refractivity contribution in [3.8, 4) is 137 Å². The average Bonchev–Trinajstić information content (AvgIpc) is 0.707. The topological polar surface area (TPSA) is 681 Å². The normalized spacial score (nSPS) is 25.2. The molecule has 21 N–H and O–H groups in total. The predicted molar refractivity (Wildman–Crippen MR) is 333 cm³/mol. The quantitative estimate of drug-likeness (QED) is 0.0476. The summed E-state index contributed by atoms with van der Waals surface area (Å²) in [6, 6.07) is 6.43. The number of esters is 7. The number of carbonyl (C=O) groups is 8. The summed E-state index contributed by atoms with van der Waals surface area (Å²) in [6.07, 6.45) is -29.5. The van der Waals surface area contributed by atoms with Crippen LogP contribution in [0.25, 0.3) is 22.3 Å². The van der Waals surface area contributed by atoms with Crippen LogP contribution in [0.5, 0.6) is 115 Å². The van der Waals surface area contributed by atoms with Gasteiger partial charge in [0.25, 0.3) is 0 Å². The minimum Gasteiger partial charge on any atom is -0.508 e. The van der Waals surface area contributed by atoms with Gasteiger partial charge in [-0.05, 0) is 48.5 Å². The van der Waals surface area contributed by atoms with E-state index in [1.165, 1.54) is 0 Å². The zero-order valence-corrected chi connectivity index (χ0v) is 53.7. The first-order valence-corrected chi connectivity index (χ1v) is 31.0. The van der Waals surface area contributed by atoms with Crippen LogP contribution >= 0.6 is 0 Å². The number of carbonyl (C=O) groups excluding carboxylic acids is 8. The summed E-state index contributed by atoms with van der Waals surface area (Å²) in [5.41, 5.74) is -13.2. The fraction of sp³-hybridized carbons (Fsp3) is 0.224. The molecular weight excluding hydrogens is 1480 g/mol. The number of ether oxygens (including phenoxy) is 13. The maximum absolute atomic E-state index is 15.6. The van der Waals surface area contributed by atoms with Crippen LogP contribution < -0.4 is 14.2 Å². The van der Waals surface area contributed by atoms with Crippen molar-refractivity contribution in [2.45, 2.75) is 79.1 Å². The van der Waals surface area contributed by atoms with E-state index in [-0.39, 0.29) is 18.2 Å². The molecule has 2 saturated heterocycles. The lowest BCUT2D eigenvalue weighted by atomic mass is 9.86. The average molecular weight is 1530 g/mol. The molecule has 2 fully saturated rings. The molecule has 14 rings (SSSR count). The second kappa shape index (κ2) is 25.6. The van der Waals surface area contributed by atoms with Gasteiger partial charge in [0.05, 0.1) is 27.8 Å². The Bertz CT molecular complexity index is 5210. The van der Waals surface area contributed by atoms with Gasteiger partial charge in [-0.3, -0.25) is 4.79 Å². The predicted octanol–water partition coefficient (Wildman–Crippen LogP) is -0.0200. The summed E-state index contributed by atoms with van der Waals surface area (Å²) < 4.78 is 74.7. The minimum absolute atomic E-state index is 0.113. The Balaban J connectivity index is 1.03. The van der Waals surface area contributed by atoms with Crippen LogP contribution in [0.15, 0.2) is 78.6 Å². The second-order valence-electron chi connectivity index (χ2n) is 24.6. The largest absolute Gasteiger partial charge is 0.508 e. The van der Waals surface area contributed by atoms with E-state index in [1.54, 1.807) is 0 Å². The van der Waals surface area contributed by atoms with E-state index in [0.717, 1.165) is 24.3 Å². The number of phenols is 16. The fourth-order valence-electron chi connectivity index (χ4n) is 12.7. The molecule has 2 unspecified atom stereocenters. The number of aromatic hydroxyl groups is 16. The number of ketones is 1. The number of hydrogen-bond donors (Lipinski definition) is 21. The van der Waals surface area contributed by atoms with E-state index in [4.69, 9.17) is 61.6 Å². The Labute approximate surface area is 600 Å². The smallest absolute Gasteiger partial charge is 0.342 e. The molecule has 0 saturated carbocycles. The summed E-state index contributed by atoms with van der Waals surface area (Å²) in [4.78, 5) is 118. The molecule has 12 atom stereocenters. The highest BCUT2D eigenvalue weighted by Crippen LogP contribution is 2.59. The van der Waals surface area contributed by atoms with Crippen LogP contribution in [-0.2, 0) is 52.2 Å². The van der Waals surface area contributed by atoms with Crippen LogP contribution in [0.3, 0.4) is 0 Å². The Morgan fingerprint density at radius 3 is 1.50 bits per heavy atom. The number of hydrogen-bond acceptors (Lipinski definition) is 42. The van der Waals surface area contributed by atoms with Crippen molar-refractivity contribution in [1.29, 1.82) is 0 Å². The number of fused-ring (bicyclic) bond motifs is 12. The van der Waals surface area contributed by atoms with Gasteiger partial charge < -0.3 is 169 Å². The van der Waals surface area contributed by atoms with E-state index in [1.807, 2.05) is 0 Å². The molecule has 42 nitrogen and oxygen atoms in total. The van der Waals surface area contributed by atoms with E-state index in [9.17, 15) is 136 Å². The molecule has 0 spiro atoms. The van der Waals surface area contributed by atoms with Gasteiger partial charge in [0.15, 0.2) is 124 Å². The zero-order chi connectivity index (χ0) is 78.5. The molecule has 7 aromatic rings. The third kappa shape index (κ3) is 11.4. The molecule has 7 aromatic carbocycles. The first kappa shape index (κ1) is 71.9. The molecule has 0 aromatic heterocycles. The third-order valence-electron chi connectivity index (χ3n) is 18.1. The number of aliphatic hydroxyl groups is 5. The van der Waals surface area contributed by atoms with Crippen molar-refractivity contribution in [1.82, 2.24) is 0 Å². The van der Waals surface area contributed by atoms with Gasteiger partial charge in [-0.15, -0.1) is 0 Å². The summed E-state index contributed by atoms with van der Waals surface area (Å²) >= 11 is 0. The van der Waals surface area contributed by atoms with Crippen molar-refractivity contribution >= 4 is 47.6 Å². The molecule has 6 heterocycles. The van der Waals surface area contributed by atoms with Gasteiger partial charge in [0.2, 0.25) is 46.4 Å². The Kier molecular flexibility index (Phi) is 16.9. The Morgan fingerprint density at radius 2 is 0.899 bits per heavy atom. The first-order valence-electron chi connectivity index (χ1n) is 31.0. The molecule has 109 heavy (non-hydrogen) atoms. The monoisotopic (exact) mass is 1520 g/mol. The molecule has 6 aliphatic heterocycles. The summed E-state index contributed by atoms with van der Waals surface area (Å²) in [5, 5.41) is 240. The van der Waals surface area contributed by atoms with E-state index in [2.05, 4.69) is 0 Å². The van der Waals surface area contributed by atoms with Gasteiger partial charge in [-0.1, -0.05) is 6.07 Å². The number of rotatable bonds is 4. The molecule has 12 bridgehead atoms. The number of cyclic esters (lactones) is 1. The highest BCUT2D eigenvalue weighted by Gasteiger charge is 2.70. The first-order chi connectivity index (χ1) is 51.4. The molecule has 42 heteroatoms. The molecule has 7 aliphatic rings. The maximum atomic E-state index is 15.6. The summed E-state index contributed by atoms with van der Waals surface area (Å²) in [6.45, 7) is -2.84. The number of phenolic OH excluding ortho intramolecular Hbond substituents is 16. The van der Waals surface area contributed by atoms with E-state index >= 15 is 9.59 Å². The van der Waals surface area contributed by atoms with Crippen molar-refractivity contribution in [3.05, 3.63) is 118 Å². The molecule has 568 valence electrons.